The van der Waals surface area contributed by atoms with Gasteiger partial charge in [0.05, 0.1) is 0 Å². The van der Waals surface area contributed by atoms with Gasteiger partial charge in [0, 0.05) is 24.3 Å². The van der Waals surface area contributed by atoms with Crippen molar-refractivity contribution in [2.45, 2.75) is 20.0 Å². The molecule has 0 radical (unpaired) electrons. The number of aliphatic hydroxyl groups excluding tert-OH is 1. The van der Waals surface area contributed by atoms with E-state index in [1.165, 1.54) is 12.1 Å². The molecule has 2 aromatic rings. The number of hydrogen-bond donors (Lipinski definition) is 2. The summed E-state index contributed by atoms with van der Waals surface area (Å²) >= 11 is 0. The van der Waals surface area contributed by atoms with Crippen molar-refractivity contribution in [2.75, 3.05) is 18.0 Å². The molecule has 0 unspecified atom stereocenters. The molecule has 0 heterocycles. The number of carbonyl (C=O) groups excluding carboxylic acids is 1. The molecule has 0 aliphatic rings. The second kappa shape index (κ2) is 7.09. The minimum atomic E-state index is -1.22. The number of ketones is 1. The highest BCUT2D eigenvalue weighted by Gasteiger charge is 2.19. The lowest BCUT2D eigenvalue weighted by Crippen LogP contribution is -2.21. The Balaban J connectivity index is 2.17. The SMILES string of the molecule is CCN(CC)c1ccc(C(=O)[C@H](O)c2ccc(O)cc2)cc1. The van der Waals surface area contributed by atoms with E-state index in [1.807, 2.05) is 12.1 Å². The van der Waals surface area contributed by atoms with Crippen molar-refractivity contribution in [2.24, 2.45) is 0 Å². The van der Waals surface area contributed by atoms with Gasteiger partial charge in [-0.3, -0.25) is 4.79 Å². The Morgan fingerprint density at radius 2 is 1.55 bits per heavy atom. The Labute approximate surface area is 130 Å². The van der Waals surface area contributed by atoms with Crippen LogP contribution < -0.4 is 4.90 Å². The van der Waals surface area contributed by atoms with Crippen LogP contribution in [0, 0.1) is 0 Å². The highest BCUT2D eigenvalue weighted by molar-refractivity contribution is 6.00. The van der Waals surface area contributed by atoms with Gasteiger partial charge in [0.25, 0.3) is 0 Å². The summed E-state index contributed by atoms with van der Waals surface area (Å²) in [6, 6.07) is 13.3. The number of aliphatic hydroxyl groups is 1. The molecule has 22 heavy (non-hydrogen) atoms. The minimum absolute atomic E-state index is 0.104. The molecular formula is C18H21NO3. The van der Waals surface area contributed by atoms with Gasteiger partial charge in [0.1, 0.15) is 11.9 Å². The first-order chi connectivity index (χ1) is 10.6. The van der Waals surface area contributed by atoms with Gasteiger partial charge in [-0.2, -0.15) is 0 Å². The normalized spacial score (nSPS) is 12.0. The molecule has 2 aromatic carbocycles. The van der Waals surface area contributed by atoms with Crippen molar-refractivity contribution >= 4 is 11.5 Å². The summed E-state index contributed by atoms with van der Waals surface area (Å²) in [6.07, 6.45) is -1.22. The number of anilines is 1. The summed E-state index contributed by atoms with van der Waals surface area (Å²) in [7, 11) is 0. The van der Waals surface area contributed by atoms with Crippen molar-refractivity contribution in [3.63, 3.8) is 0 Å². The molecular weight excluding hydrogens is 278 g/mol. The maximum atomic E-state index is 12.3. The molecule has 0 bridgehead atoms. The van der Waals surface area contributed by atoms with Crippen LogP contribution in [0.3, 0.4) is 0 Å². The summed E-state index contributed by atoms with van der Waals surface area (Å²) in [6.45, 7) is 5.97. The number of rotatable bonds is 6. The second-order valence-electron chi connectivity index (χ2n) is 5.08. The number of phenolic OH excluding ortho intramolecular Hbond substituents is 1. The van der Waals surface area contributed by atoms with Gasteiger partial charge in [-0.15, -0.1) is 0 Å². The Bertz CT molecular complexity index is 616. The quantitative estimate of drug-likeness (QED) is 0.804. The first kappa shape index (κ1) is 16.0. The molecule has 1 atom stereocenters. The fourth-order valence-electron chi connectivity index (χ4n) is 2.39. The van der Waals surface area contributed by atoms with E-state index in [0.717, 1.165) is 18.8 Å². The van der Waals surface area contributed by atoms with Gasteiger partial charge in [-0.1, -0.05) is 12.1 Å². The third-order valence-electron chi connectivity index (χ3n) is 3.74. The van der Waals surface area contributed by atoms with Crippen LogP contribution in [0.25, 0.3) is 0 Å². The van der Waals surface area contributed by atoms with Crippen LogP contribution in [0.1, 0.15) is 35.9 Å². The summed E-state index contributed by atoms with van der Waals surface area (Å²) in [4.78, 5) is 14.5. The molecule has 2 N–H and O–H groups in total. The average molecular weight is 299 g/mol. The van der Waals surface area contributed by atoms with E-state index in [0.29, 0.717) is 11.1 Å². The van der Waals surface area contributed by atoms with Crippen LogP contribution in [0.4, 0.5) is 5.69 Å². The van der Waals surface area contributed by atoms with E-state index in [2.05, 4.69) is 18.7 Å². The molecule has 0 spiro atoms. The van der Waals surface area contributed by atoms with Gasteiger partial charge in [0.15, 0.2) is 5.78 Å². The van der Waals surface area contributed by atoms with Crippen LogP contribution in [0.2, 0.25) is 0 Å². The van der Waals surface area contributed by atoms with E-state index >= 15 is 0 Å². The van der Waals surface area contributed by atoms with Crippen molar-refractivity contribution in [3.8, 4) is 5.75 Å². The van der Waals surface area contributed by atoms with Crippen molar-refractivity contribution < 1.29 is 15.0 Å². The number of aromatic hydroxyl groups is 1. The monoisotopic (exact) mass is 299 g/mol. The van der Waals surface area contributed by atoms with Gasteiger partial charge in [-0.05, 0) is 55.8 Å². The molecule has 116 valence electrons. The molecule has 2 rings (SSSR count). The lowest BCUT2D eigenvalue weighted by molar-refractivity contribution is 0.0747. The third kappa shape index (κ3) is 3.46. The van der Waals surface area contributed by atoms with E-state index in [-0.39, 0.29) is 11.5 Å². The standard InChI is InChI=1S/C18H21NO3/c1-3-19(4-2)15-9-5-13(6-10-15)17(21)18(22)14-7-11-16(20)12-8-14/h5-12,18,20,22H,3-4H2,1-2H3/t18-/m1/s1. The lowest BCUT2D eigenvalue weighted by atomic mass is 9.99. The molecule has 0 saturated heterocycles. The minimum Gasteiger partial charge on any atom is -0.508 e. The number of benzene rings is 2. The topological polar surface area (TPSA) is 60.8 Å². The van der Waals surface area contributed by atoms with Crippen molar-refractivity contribution in [1.29, 1.82) is 0 Å². The second-order valence-corrected chi connectivity index (χ2v) is 5.08. The van der Waals surface area contributed by atoms with E-state index in [9.17, 15) is 15.0 Å². The third-order valence-corrected chi connectivity index (χ3v) is 3.74. The van der Waals surface area contributed by atoms with Gasteiger partial charge >= 0.3 is 0 Å². The summed E-state index contributed by atoms with van der Waals surface area (Å²) in [5, 5.41) is 19.4. The zero-order valence-electron chi connectivity index (χ0n) is 12.9. The van der Waals surface area contributed by atoms with Gasteiger partial charge in [-0.25, -0.2) is 0 Å². The molecule has 0 aliphatic carbocycles. The maximum absolute atomic E-state index is 12.3. The summed E-state index contributed by atoms with van der Waals surface area (Å²) in [5.41, 5.74) is 1.99. The fourth-order valence-corrected chi connectivity index (χ4v) is 2.39. The smallest absolute Gasteiger partial charge is 0.195 e. The molecule has 0 saturated carbocycles. The molecule has 0 aliphatic heterocycles. The highest BCUT2D eigenvalue weighted by atomic mass is 16.3. The maximum Gasteiger partial charge on any atom is 0.195 e. The number of carbonyl (C=O) groups is 1. The van der Waals surface area contributed by atoms with Gasteiger partial charge < -0.3 is 15.1 Å². The molecule has 4 heteroatoms. The first-order valence-electron chi connectivity index (χ1n) is 7.43. The Kier molecular flexibility index (Phi) is 5.17. The van der Waals surface area contributed by atoms with Crippen molar-refractivity contribution in [3.05, 3.63) is 59.7 Å². The Hall–Kier alpha value is -2.33. The zero-order valence-corrected chi connectivity index (χ0v) is 12.9. The highest BCUT2D eigenvalue weighted by Crippen LogP contribution is 2.22. The Morgan fingerprint density at radius 3 is 2.05 bits per heavy atom. The number of hydrogen-bond acceptors (Lipinski definition) is 4. The predicted molar refractivity (Wildman–Crippen MR) is 87.4 cm³/mol. The van der Waals surface area contributed by atoms with Crippen LogP contribution in [0.5, 0.6) is 5.75 Å². The number of Topliss-reactive ketones (excluding diaryl/α,β-unsaturated/α-hetero) is 1. The largest absolute Gasteiger partial charge is 0.508 e. The summed E-state index contributed by atoms with van der Waals surface area (Å²) in [5.74, 6) is -0.247. The van der Waals surface area contributed by atoms with E-state index < -0.39 is 6.10 Å². The molecule has 0 amide bonds. The van der Waals surface area contributed by atoms with Crippen LogP contribution >= 0.6 is 0 Å². The lowest BCUT2D eigenvalue weighted by Gasteiger charge is -2.21. The van der Waals surface area contributed by atoms with E-state index in [4.69, 9.17) is 0 Å². The number of phenols is 1. The van der Waals surface area contributed by atoms with Crippen LogP contribution in [-0.2, 0) is 0 Å². The average Bonchev–Trinajstić information content (AvgIpc) is 2.56. The fraction of sp³-hybridized carbons (Fsp3) is 0.278. The summed E-state index contributed by atoms with van der Waals surface area (Å²) < 4.78 is 0. The zero-order chi connectivity index (χ0) is 16.1. The Morgan fingerprint density at radius 1 is 1.00 bits per heavy atom. The number of nitrogens with zero attached hydrogens (tertiary/aromatic N) is 1. The van der Waals surface area contributed by atoms with Crippen molar-refractivity contribution in [1.82, 2.24) is 0 Å². The molecule has 0 aromatic heterocycles. The molecule has 0 fully saturated rings. The first-order valence-corrected chi connectivity index (χ1v) is 7.43. The van der Waals surface area contributed by atoms with Gasteiger partial charge in [0.2, 0.25) is 0 Å². The van der Waals surface area contributed by atoms with Crippen LogP contribution in [0.15, 0.2) is 48.5 Å². The van der Waals surface area contributed by atoms with E-state index in [1.54, 1.807) is 24.3 Å². The predicted octanol–water partition coefficient (Wildman–Crippen LogP) is 3.15. The van der Waals surface area contributed by atoms with Crippen LogP contribution in [-0.4, -0.2) is 29.1 Å². The molecule has 4 nitrogen and oxygen atoms in total.